The third kappa shape index (κ3) is 2.46. The summed E-state index contributed by atoms with van der Waals surface area (Å²) in [6.45, 7) is 0.0501. The largest absolute Gasteiger partial charge is 0.492 e. The lowest BCUT2D eigenvalue weighted by molar-refractivity contribution is 0.213. The lowest BCUT2D eigenvalue weighted by Gasteiger charge is -2.22. The van der Waals surface area contributed by atoms with Crippen molar-refractivity contribution in [3.05, 3.63) is 17.9 Å². The average molecular weight is 304 g/mol. The lowest BCUT2D eigenvalue weighted by Crippen LogP contribution is -2.37. The molecule has 0 amide bonds. The predicted molar refractivity (Wildman–Crippen MR) is 71.4 cm³/mol. The highest BCUT2D eigenvalue weighted by molar-refractivity contribution is 7.89. The predicted octanol–water partition coefficient (Wildman–Crippen LogP) is 0.562. The van der Waals surface area contributed by atoms with E-state index < -0.39 is 21.9 Å². The van der Waals surface area contributed by atoms with Crippen LogP contribution in [-0.4, -0.2) is 44.1 Å². The molecule has 1 saturated heterocycles. The van der Waals surface area contributed by atoms with Crippen LogP contribution in [0.5, 0.6) is 5.75 Å². The van der Waals surface area contributed by atoms with Crippen LogP contribution in [0.1, 0.15) is 12.8 Å². The van der Waals surface area contributed by atoms with Crippen LogP contribution in [0.25, 0.3) is 0 Å². The topological polar surface area (TPSA) is 92.9 Å². The summed E-state index contributed by atoms with van der Waals surface area (Å²) in [4.78, 5) is -0.228. The maximum Gasteiger partial charge on any atom is 0.243 e. The summed E-state index contributed by atoms with van der Waals surface area (Å²) >= 11 is 0. The summed E-state index contributed by atoms with van der Waals surface area (Å²) in [5, 5.41) is 9.21. The van der Waals surface area contributed by atoms with Gasteiger partial charge in [0, 0.05) is 12.6 Å². The third-order valence-electron chi connectivity index (χ3n) is 3.39. The minimum atomic E-state index is -3.87. The van der Waals surface area contributed by atoms with Gasteiger partial charge in [0.25, 0.3) is 0 Å². The molecular weight excluding hydrogens is 287 g/mol. The van der Waals surface area contributed by atoms with Crippen molar-refractivity contribution in [3.63, 3.8) is 0 Å². The molecule has 0 bridgehead atoms. The van der Waals surface area contributed by atoms with Crippen LogP contribution in [0.3, 0.4) is 0 Å². The molecular formula is C12H17FN2O4S. The first kappa shape index (κ1) is 15.0. The number of aliphatic hydroxyl groups is 1. The van der Waals surface area contributed by atoms with Gasteiger partial charge >= 0.3 is 0 Å². The number of aliphatic hydroxyl groups excluding tert-OH is 1. The fourth-order valence-corrected chi connectivity index (χ4v) is 4.13. The van der Waals surface area contributed by atoms with Crippen molar-refractivity contribution in [2.24, 2.45) is 0 Å². The van der Waals surface area contributed by atoms with Crippen LogP contribution in [0.15, 0.2) is 17.0 Å². The number of hydrogen-bond acceptors (Lipinski definition) is 5. The summed E-state index contributed by atoms with van der Waals surface area (Å²) in [7, 11) is -2.62. The SMILES string of the molecule is COc1c(N)cc(S(=O)(=O)N2CCC[C@@H]2CO)cc1F. The molecule has 0 unspecified atom stereocenters. The summed E-state index contributed by atoms with van der Waals surface area (Å²) in [5.74, 6) is -1.00. The van der Waals surface area contributed by atoms with E-state index in [1.165, 1.54) is 17.5 Å². The normalized spacial score (nSPS) is 20.2. The van der Waals surface area contributed by atoms with E-state index >= 15 is 0 Å². The summed E-state index contributed by atoms with van der Waals surface area (Å²) in [5.41, 5.74) is 5.52. The van der Waals surface area contributed by atoms with E-state index in [2.05, 4.69) is 0 Å². The van der Waals surface area contributed by atoms with Crippen LogP contribution < -0.4 is 10.5 Å². The minimum absolute atomic E-state index is 0.0779. The number of halogens is 1. The Morgan fingerprint density at radius 2 is 2.25 bits per heavy atom. The van der Waals surface area contributed by atoms with E-state index in [0.29, 0.717) is 19.4 Å². The van der Waals surface area contributed by atoms with Crippen molar-refractivity contribution in [1.82, 2.24) is 4.31 Å². The van der Waals surface area contributed by atoms with Gasteiger partial charge in [-0.2, -0.15) is 4.31 Å². The van der Waals surface area contributed by atoms with Crippen LogP contribution in [0.2, 0.25) is 0 Å². The number of methoxy groups -OCH3 is 1. The molecule has 0 spiro atoms. The Morgan fingerprint density at radius 1 is 1.55 bits per heavy atom. The fraction of sp³-hybridized carbons (Fsp3) is 0.500. The van der Waals surface area contributed by atoms with E-state index in [9.17, 15) is 17.9 Å². The third-order valence-corrected chi connectivity index (χ3v) is 5.32. The highest BCUT2D eigenvalue weighted by atomic mass is 32.2. The second kappa shape index (κ2) is 5.55. The van der Waals surface area contributed by atoms with E-state index in [0.717, 1.165) is 6.07 Å². The summed E-state index contributed by atoms with van der Waals surface area (Å²) in [6, 6.07) is 1.59. The van der Waals surface area contributed by atoms with Gasteiger partial charge in [-0.1, -0.05) is 0 Å². The molecule has 1 aliphatic heterocycles. The van der Waals surface area contributed by atoms with Gasteiger partial charge in [-0.3, -0.25) is 0 Å². The van der Waals surface area contributed by atoms with Gasteiger partial charge in [-0.05, 0) is 25.0 Å². The monoisotopic (exact) mass is 304 g/mol. The number of nitrogen functional groups attached to an aromatic ring is 1. The van der Waals surface area contributed by atoms with E-state index in [-0.39, 0.29) is 22.9 Å². The first-order valence-corrected chi connectivity index (χ1v) is 7.61. The Balaban J connectivity index is 2.45. The second-order valence-electron chi connectivity index (χ2n) is 4.62. The van der Waals surface area contributed by atoms with Crippen molar-refractivity contribution in [3.8, 4) is 5.75 Å². The molecule has 1 fully saturated rings. The van der Waals surface area contributed by atoms with Gasteiger partial charge in [0.2, 0.25) is 10.0 Å². The van der Waals surface area contributed by atoms with Gasteiger partial charge in [0.1, 0.15) is 0 Å². The number of benzene rings is 1. The summed E-state index contributed by atoms with van der Waals surface area (Å²) < 4.78 is 44.6. The minimum Gasteiger partial charge on any atom is -0.492 e. The van der Waals surface area contributed by atoms with Crippen molar-refractivity contribution in [2.45, 2.75) is 23.8 Å². The quantitative estimate of drug-likeness (QED) is 0.793. The number of sulfonamides is 1. The molecule has 1 aromatic carbocycles. The highest BCUT2D eigenvalue weighted by Crippen LogP contribution is 2.32. The Labute approximate surface area is 117 Å². The molecule has 1 aromatic rings. The second-order valence-corrected chi connectivity index (χ2v) is 6.51. The van der Waals surface area contributed by atoms with E-state index in [1.807, 2.05) is 0 Å². The Hall–Kier alpha value is -1.38. The average Bonchev–Trinajstić information content (AvgIpc) is 2.87. The molecule has 6 nitrogen and oxygen atoms in total. The number of anilines is 1. The fourth-order valence-electron chi connectivity index (χ4n) is 2.40. The first-order valence-electron chi connectivity index (χ1n) is 6.17. The molecule has 1 heterocycles. The molecule has 1 atom stereocenters. The maximum atomic E-state index is 13.8. The van der Waals surface area contributed by atoms with E-state index in [1.54, 1.807) is 0 Å². The van der Waals surface area contributed by atoms with Gasteiger partial charge in [0.15, 0.2) is 11.6 Å². The van der Waals surface area contributed by atoms with Crippen molar-refractivity contribution < 1.29 is 22.7 Å². The zero-order valence-corrected chi connectivity index (χ0v) is 11.9. The van der Waals surface area contributed by atoms with Crippen LogP contribution >= 0.6 is 0 Å². The van der Waals surface area contributed by atoms with Crippen LogP contribution in [-0.2, 0) is 10.0 Å². The number of nitrogens with two attached hydrogens (primary N) is 1. The zero-order chi connectivity index (χ0) is 14.9. The van der Waals surface area contributed by atoms with Crippen LogP contribution in [0.4, 0.5) is 10.1 Å². The van der Waals surface area contributed by atoms with Crippen LogP contribution in [0, 0.1) is 5.82 Å². The Bertz CT molecular complexity index is 582. The molecule has 8 heteroatoms. The Morgan fingerprint density at radius 3 is 2.80 bits per heavy atom. The lowest BCUT2D eigenvalue weighted by atomic mass is 10.2. The molecule has 112 valence electrons. The molecule has 20 heavy (non-hydrogen) atoms. The number of rotatable bonds is 4. The zero-order valence-electron chi connectivity index (χ0n) is 11.0. The molecule has 1 aliphatic rings. The van der Waals surface area contributed by atoms with Crippen molar-refractivity contribution in [1.29, 1.82) is 0 Å². The molecule has 0 radical (unpaired) electrons. The van der Waals surface area contributed by atoms with Gasteiger partial charge in [-0.15, -0.1) is 0 Å². The Kier molecular flexibility index (Phi) is 4.17. The standard InChI is InChI=1S/C12H17FN2O4S/c1-19-12-10(13)5-9(6-11(12)14)20(17,18)15-4-2-3-8(15)7-16/h5-6,8,16H,2-4,7,14H2,1H3/t8-/m1/s1. The maximum absolute atomic E-state index is 13.8. The smallest absolute Gasteiger partial charge is 0.243 e. The van der Waals surface area contributed by atoms with Gasteiger partial charge in [0.05, 0.1) is 24.3 Å². The number of ether oxygens (including phenoxy) is 1. The van der Waals surface area contributed by atoms with Crippen molar-refractivity contribution in [2.75, 3.05) is 26.0 Å². The van der Waals surface area contributed by atoms with Crippen molar-refractivity contribution >= 4 is 15.7 Å². The van der Waals surface area contributed by atoms with Gasteiger partial charge in [-0.25, -0.2) is 12.8 Å². The van der Waals surface area contributed by atoms with Gasteiger partial charge < -0.3 is 15.6 Å². The first-order chi connectivity index (χ1) is 9.41. The van der Waals surface area contributed by atoms with E-state index in [4.69, 9.17) is 10.5 Å². The molecule has 0 aromatic heterocycles. The summed E-state index contributed by atoms with van der Waals surface area (Å²) in [6.07, 6.45) is 1.25. The number of nitrogens with zero attached hydrogens (tertiary/aromatic N) is 1. The molecule has 2 rings (SSSR count). The molecule has 0 aliphatic carbocycles. The molecule has 0 saturated carbocycles. The highest BCUT2D eigenvalue weighted by Gasteiger charge is 2.35. The number of hydrogen-bond donors (Lipinski definition) is 2. The molecule has 3 N–H and O–H groups in total.